The van der Waals surface area contributed by atoms with E-state index in [1.54, 1.807) is 0 Å². The van der Waals surface area contributed by atoms with Gasteiger partial charge in [-0.05, 0) is 26.3 Å². The fourth-order valence-electron chi connectivity index (χ4n) is 2.69. The molecule has 0 aliphatic carbocycles. The molecule has 2 unspecified atom stereocenters. The summed E-state index contributed by atoms with van der Waals surface area (Å²) in [6, 6.07) is 3.40. The lowest BCUT2D eigenvalue weighted by atomic mass is 10.1. The van der Waals surface area contributed by atoms with Crippen molar-refractivity contribution in [1.82, 2.24) is 20.0 Å². The summed E-state index contributed by atoms with van der Waals surface area (Å²) in [6.07, 6.45) is 1.02. The van der Waals surface area contributed by atoms with E-state index < -0.39 is 0 Å². The summed E-state index contributed by atoms with van der Waals surface area (Å²) in [7, 11) is 2.05. The number of rotatable bonds is 3. The zero-order valence-corrected chi connectivity index (χ0v) is 11.4. The third-order valence-electron chi connectivity index (χ3n) is 3.41. The molecule has 0 radical (unpaired) electrons. The van der Waals surface area contributed by atoms with Gasteiger partial charge in [-0.3, -0.25) is 9.58 Å². The van der Waals surface area contributed by atoms with Crippen LogP contribution in [0.15, 0.2) is 6.07 Å². The number of hydrogen-bond donors (Lipinski definition) is 1. The van der Waals surface area contributed by atoms with Gasteiger partial charge in [0.1, 0.15) is 0 Å². The lowest BCUT2D eigenvalue weighted by Gasteiger charge is -2.36. The van der Waals surface area contributed by atoms with Gasteiger partial charge in [0.2, 0.25) is 0 Å². The van der Waals surface area contributed by atoms with Crippen molar-refractivity contribution in [3.8, 4) is 0 Å². The molecule has 96 valence electrons. The van der Waals surface area contributed by atoms with E-state index in [1.807, 2.05) is 11.7 Å². The number of piperazine rings is 1. The molecular weight excluding hydrogens is 212 g/mol. The van der Waals surface area contributed by atoms with Crippen molar-refractivity contribution >= 4 is 0 Å². The molecule has 0 saturated carbocycles. The second kappa shape index (κ2) is 5.19. The summed E-state index contributed by atoms with van der Waals surface area (Å²) in [6.45, 7) is 9.92. The molecule has 0 spiro atoms. The first kappa shape index (κ1) is 12.6. The van der Waals surface area contributed by atoms with Crippen LogP contribution in [0.1, 0.15) is 32.2 Å². The summed E-state index contributed by atoms with van der Waals surface area (Å²) in [4.78, 5) is 2.52. The van der Waals surface area contributed by atoms with Crippen molar-refractivity contribution in [2.24, 2.45) is 7.05 Å². The highest BCUT2D eigenvalue weighted by Gasteiger charge is 2.21. The molecular formula is C13H24N4. The molecule has 1 aromatic heterocycles. The highest BCUT2D eigenvalue weighted by Crippen LogP contribution is 2.11. The zero-order valence-electron chi connectivity index (χ0n) is 11.4. The zero-order chi connectivity index (χ0) is 12.4. The van der Waals surface area contributed by atoms with Crippen molar-refractivity contribution in [3.05, 3.63) is 17.5 Å². The van der Waals surface area contributed by atoms with Gasteiger partial charge in [0, 0.05) is 38.8 Å². The van der Waals surface area contributed by atoms with Crippen LogP contribution in [0, 0.1) is 0 Å². The fraction of sp³-hybridized carbons (Fsp3) is 0.769. The first-order valence-corrected chi connectivity index (χ1v) is 6.58. The number of aromatic nitrogens is 2. The summed E-state index contributed by atoms with van der Waals surface area (Å²) >= 11 is 0. The summed E-state index contributed by atoms with van der Waals surface area (Å²) in [5, 5.41) is 8.07. The third kappa shape index (κ3) is 3.07. The van der Waals surface area contributed by atoms with Gasteiger partial charge in [0.05, 0.1) is 11.4 Å². The molecule has 1 aliphatic heterocycles. The van der Waals surface area contributed by atoms with E-state index in [0.717, 1.165) is 26.1 Å². The van der Waals surface area contributed by atoms with Gasteiger partial charge in [-0.25, -0.2) is 0 Å². The lowest BCUT2D eigenvalue weighted by molar-refractivity contribution is 0.163. The topological polar surface area (TPSA) is 33.1 Å². The van der Waals surface area contributed by atoms with E-state index in [4.69, 9.17) is 0 Å². The summed E-state index contributed by atoms with van der Waals surface area (Å²) < 4.78 is 2.02. The van der Waals surface area contributed by atoms with Gasteiger partial charge in [0.25, 0.3) is 0 Å². The minimum absolute atomic E-state index is 0.581. The first-order chi connectivity index (χ1) is 8.08. The van der Waals surface area contributed by atoms with E-state index >= 15 is 0 Å². The predicted molar refractivity (Wildman–Crippen MR) is 69.9 cm³/mol. The Hall–Kier alpha value is -0.870. The van der Waals surface area contributed by atoms with Crippen LogP contribution in [0.4, 0.5) is 0 Å². The molecule has 1 saturated heterocycles. The van der Waals surface area contributed by atoms with Gasteiger partial charge in [-0.2, -0.15) is 5.10 Å². The number of nitrogens with zero attached hydrogens (tertiary/aromatic N) is 3. The molecule has 4 heteroatoms. The Balaban J connectivity index is 2.01. The summed E-state index contributed by atoms with van der Waals surface area (Å²) in [5.74, 6) is 0. The van der Waals surface area contributed by atoms with Crippen LogP contribution in [-0.2, 0) is 20.0 Å². The number of nitrogens with one attached hydrogen (secondary N) is 1. The molecule has 17 heavy (non-hydrogen) atoms. The quantitative estimate of drug-likeness (QED) is 0.855. The Morgan fingerprint density at radius 1 is 1.35 bits per heavy atom. The first-order valence-electron chi connectivity index (χ1n) is 6.58. The van der Waals surface area contributed by atoms with Crippen molar-refractivity contribution < 1.29 is 0 Å². The van der Waals surface area contributed by atoms with Crippen molar-refractivity contribution in [3.63, 3.8) is 0 Å². The Kier molecular flexibility index (Phi) is 3.84. The predicted octanol–water partition coefficient (Wildman–Crippen LogP) is 1.16. The van der Waals surface area contributed by atoms with Crippen LogP contribution in [-0.4, -0.2) is 39.9 Å². The highest BCUT2D eigenvalue weighted by molar-refractivity contribution is 5.10. The van der Waals surface area contributed by atoms with Gasteiger partial charge < -0.3 is 5.32 Å². The van der Waals surface area contributed by atoms with E-state index in [9.17, 15) is 0 Å². The smallest absolute Gasteiger partial charge is 0.0625 e. The lowest BCUT2D eigenvalue weighted by Crippen LogP contribution is -2.53. The Labute approximate surface area is 104 Å². The molecule has 2 atom stereocenters. The van der Waals surface area contributed by atoms with Crippen LogP contribution >= 0.6 is 0 Å². The Morgan fingerprint density at radius 3 is 2.53 bits per heavy atom. The van der Waals surface area contributed by atoms with Crippen LogP contribution < -0.4 is 5.32 Å². The van der Waals surface area contributed by atoms with E-state index in [2.05, 4.69) is 42.2 Å². The summed E-state index contributed by atoms with van der Waals surface area (Å²) in [5.41, 5.74) is 2.52. The van der Waals surface area contributed by atoms with Gasteiger partial charge in [-0.15, -0.1) is 0 Å². The average Bonchev–Trinajstić information content (AvgIpc) is 2.58. The third-order valence-corrected chi connectivity index (χ3v) is 3.41. The maximum atomic E-state index is 4.51. The van der Waals surface area contributed by atoms with Crippen molar-refractivity contribution in [2.45, 2.75) is 45.8 Å². The molecule has 1 N–H and O–H groups in total. The van der Waals surface area contributed by atoms with Gasteiger partial charge in [-0.1, -0.05) is 6.92 Å². The molecule has 4 nitrogen and oxygen atoms in total. The largest absolute Gasteiger partial charge is 0.309 e. The molecule has 2 heterocycles. The fourth-order valence-corrected chi connectivity index (χ4v) is 2.69. The molecule has 1 aromatic rings. The number of aryl methyl sites for hydroxylation is 2. The average molecular weight is 236 g/mol. The molecule has 0 bridgehead atoms. The molecule has 1 aliphatic rings. The number of hydrogen-bond acceptors (Lipinski definition) is 3. The van der Waals surface area contributed by atoms with Crippen LogP contribution in [0.2, 0.25) is 0 Å². The Morgan fingerprint density at radius 2 is 2.00 bits per heavy atom. The minimum Gasteiger partial charge on any atom is -0.309 e. The van der Waals surface area contributed by atoms with Gasteiger partial charge in [0.15, 0.2) is 0 Å². The molecule has 0 aromatic carbocycles. The second-order valence-corrected chi connectivity index (χ2v) is 5.27. The monoisotopic (exact) mass is 236 g/mol. The van der Waals surface area contributed by atoms with Crippen LogP contribution in [0.3, 0.4) is 0 Å². The standard InChI is InChI=1S/C13H24N4/c1-5-12-6-13(16(4)15-12)9-17-7-10(2)14-11(3)8-17/h6,10-11,14H,5,7-9H2,1-4H3. The van der Waals surface area contributed by atoms with E-state index in [1.165, 1.54) is 11.4 Å². The maximum Gasteiger partial charge on any atom is 0.0625 e. The normalized spacial score (nSPS) is 26.4. The Bertz CT molecular complexity index is 361. The van der Waals surface area contributed by atoms with Crippen LogP contribution in [0.25, 0.3) is 0 Å². The minimum atomic E-state index is 0.581. The van der Waals surface area contributed by atoms with E-state index in [-0.39, 0.29) is 0 Å². The highest BCUT2D eigenvalue weighted by atomic mass is 15.3. The SMILES string of the molecule is CCc1cc(CN2CC(C)NC(C)C2)n(C)n1. The van der Waals surface area contributed by atoms with E-state index in [0.29, 0.717) is 12.1 Å². The van der Waals surface area contributed by atoms with Crippen molar-refractivity contribution in [2.75, 3.05) is 13.1 Å². The maximum absolute atomic E-state index is 4.51. The van der Waals surface area contributed by atoms with Crippen molar-refractivity contribution in [1.29, 1.82) is 0 Å². The van der Waals surface area contributed by atoms with Gasteiger partial charge >= 0.3 is 0 Å². The molecule has 0 amide bonds. The molecule has 1 fully saturated rings. The van der Waals surface area contributed by atoms with Crippen LogP contribution in [0.5, 0.6) is 0 Å². The molecule has 2 rings (SSSR count). The second-order valence-electron chi connectivity index (χ2n) is 5.27.